The maximum Gasteiger partial charge on any atom is 0.242 e. The van der Waals surface area contributed by atoms with Gasteiger partial charge in [0.25, 0.3) is 0 Å². The van der Waals surface area contributed by atoms with E-state index < -0.39 is 12.1 Å². The number of aryl methyl sites for hydroxylation is 3. The summed E-state index contributed by atoms with van der Waals surface area (Å²) < 4.78 is 0. The van der Waals surface area contributed by atoms with Crippen LogP contribution in [0.2, 0.25) is 0 Å². The van der Waals surface area contributed by atoms with Gasteiger partial charge in [-0.1, -0.05) is 30.3 Å². The summed E-state index contributed by atoms with van der Waals surface area (Å²) in [4.78, 5) is 24.6. The van der Waals surface area contributed by atoms with Gasteiger partial charge in [-0.25, -0.2) is 0 Å². The van der Waals surface area contributed by atoms with Gasteiger partial charge in [-0.2, -0.15) is 0 Å². The smallest absolute Gasteiger partial charge is 0.242 e. The molecule has 0 fully saturated rings. The number of nitrogens with two attached hydrogens (primary N) is 1. The van der Waals surface area contributed by atoms with E-state index in [4.69, 9.17) is 5.73 Å². The first-order valence-electron chi connectivity index (χ1n) is 10.4. The maximum absolute atomic E-state index is 12.4. The molecule has 0 radical (unpaired) electrons. The molecule has 0 saturated carbocycles. The van der Waals surface area contributed by atoms with E-state index in [0.717, 1.165) is 29.5 Å². The molecule has 162 valence electrons. The highest BCUT2D eigenvalue weighted by Gasteiger charge is 2.20. The van der Waals surface area contributed by atoms with E-state index in [-0.39, 0.29) is 17.6 Å². The Morgan fingerprint density at radius 3 is 2.30 bits per heavy atom. The predicted octanol–water partition coefficient (Wildman–Crippen LogP) is 2.52. The third-order valence-electron chi connectivity index (χ3n) is 5.26. The minimum absolute atomic E-state index is 0.214. The van der Waals surface area contributed by atoms with Crippen LogP contribution in [0, 0.1) is 13.8 Å². The van der Waals surface area contributed by atoms with Crippen molar-refractivity contribution in [1.29, 1.82) is 0 Å². The van der Waals surface area contributed by atoms with E-state index in [1.165, 1.54) is 5.56 Å². The van der Waals surface area contributed by atoms with Crippen LogP contribution in [0.5, 0.6) is 5.75 Å². The number of amides is 2. The molecule has 30 heavy (non-hydrogen) atoms. The standard InChI is InChI=1S/C24H33N3O3/c1-16-14-20(28)15-17(2)21(16)11-12-22(25)24(30)27-18(3)23(29)26-13-7-10-19-8-5-4-6-9-19/h4-6,8-9,14-15,18,22,28H,7,10-13,25H2,1-3H3,(H,26,29)(H,27,30)/t18-,22+/m1/s1. The average molecular weight is 412 g/mol. The highest BCUT2D eigenvalue weighted by molar-refractivity contribution is 5.89. The zero-order valence-electron chi connectivity index (χ0n) is 18.1. The van der Waals surface area contributed by atoms with Crippen molar-refractivity contribution in [3.05, 3.63) is 64.7 Å². The van der Waals surface area contributed by atoms with Crippen molar-refractivity contribution in [2.24, 2.45) is 5.73 Å². The molecule has 0 aliphatic rings. The van der Waals surface area contributed by atoms with Crippen LogP contribution < -0.4 is 16.4 Å². The van der Waals surface area contributed by atoms with Crippen molar-refractivity contribution in [1.82, 2.24) is 10.6 Å². The SMILES string of the molecule is Cc1cc(O)cc(C)c1CC[C@H](N)C(=O)N[C@H](C)C(=O)NCCCc1ccccc1. The number of phenols is 1. The van der Waals surface area contributed by atoms with Gasteiger partial charge in [-0.05, 0) is 80.8 Å². The van der Waals surface area contributed by atoms with E-state index in [2.05, 4.69) is 22.8 Å². The Bertz CT molecular complexity index is 829. The predicted molar refractivity (Wildman–Crippen MR) is 119 cm³/mol. The summed E-state index contributed by atoms with van der Waals surface area (Å²) in [6.07, 6.45) is 2.82. The molecule has 0 unspecified atom stereocenters. The molecule has 0 spiro atoms. The lowest BCUT2D eigenvalue weighted by Crippen LogP contribution is -2.50. The van der Waals surface area contributed by atoms with E-state index in [9.17, 15) is 14.7 Å². The number of hydrogen-bond acceptors (Lipinski definition) is 4. The summed E-state index contributed by atoms with van der Waals surface area (Å²) in [6.45, 7) is 6.07. The van der Waals surface area contributed by atoms with Crippen molar-refractivity contribution in [2.45, 2.75) is 58.5 Å². The Morgan fingerprint density at radius 2 is 1.67 bits per heavy atom. The fraction of sp³-hybridized carbons (Fsp3) is 0.417. The van der Waals surface area contributed by atoms with Crippen molar-refractivity contribution < 1.29 is 14.7 Å². The molecule has 2 rings (SSSR count). The van der Waals surface area contributed by atoms with Gasteiger partial charge in [0.2, 0.25) is 11.8 Å². The molecule has 2 atom stereocenters. The first-order chi connectivity index (χ1) is 14.3. The van der Waals surface area contributed by atoms with Crippen LogP contribution >= 0.6 is 0 Å². The van der Waals surface area contributed by atoms with Crippen molar-refractivity contribution >= 4 is 11.8 Å². The second kappa shape index (κ2) is 11.4. The van der Waals surface area contributed by atoms with E-state index in [1.54, 1.807) is 19.1 Å². The van der Waals surface area contributed by atoms with E-state index in [1.807, 2.05) is 32.0 Å². The molecular weight excluding hydrogens is 378 g/mol. The molecule has 6 heteroatoms. The van der Waals surface area contributed by atoms with Gasteiger partial charge in [-0.3, -0.25) is 9.59 Å². The first-order valence-corrected chi connectivity index (χ1v) is 10.4. The number of hydrogen-bond donors (Lipinski definition) is 4. The number of carbonyl (C=O) groups excluding carboxylic acids is 2. The van der Waals surface area contributed by atoms with Crippen molar-refractivity contribution in [3.8, 4) is 5.75 Å². The average Bonchev–Trinajstić information content (AvgIpc) is 2.70. The summed E-state index contributed by atoms with van der Waals surface area (Å²) in [5, 5.41) is 15.2. The molecule has 5 N–H and O–H groups in total. The normalized spacial score (nSPS) is 12.8. The summed E-state index contributed by atoms with van der Waals surface area (Å²) in [5.41, 5.74) is 10.3. The number of rotatable bonds is 10. The Morgan fingerprint density at radius 1 is 1.03 bits per heavy atom. The molecule has 0 aliphatic heterocycles. The summed E-state index contributed by atoms with van der Waals surface area (Å²) in [5.74, 6) is -0.316. The second-order valence-corrected chi connectivity index (χ2v) is 7.81. The van der Waals surface area contributed by atoms with Crippen LogP contribution in [-0.2, 0) is 22.4 Å². The number of benzene rings is 2. The van der Waals surface area contributed by atoms with Gasteiger partial charge >= 0.3 is 0 Å². The quantitative estimate of drug-likeness (QED) is 0.451. The molecule has 6 nitrogen and oxygen atoms in total. The molecular formula is C24H33N3O3. The van der Waals surface area contributed by atoms with Crippen molar-refractivity contribution in [3.63, 3.8) is 0 Å². The highest BCUT2D eigenvalue weighted by Crippen LogP contribution is 2.22. The summed E-state index contributed by atoms with van der Waals surface area (Å²) in [7, 11) is 0. The zero-order valence-corrected chi connectivity index (χ0v) is 18.1. The lowest BCUT2D eigenvalue weighted by molar-refractivity contribution is -0.129. The van der Waals surface area contributed by atoms with E-state index >= 15 is 0 Å². The Hall–Kier alpha value is -2.86. The molecule has 0 aliphatic carbocycles. The number of aromatic hydroxyl groups is 1. The molecule has 0 heterocycles. The zero-order chi connectivity index (χ0) is 22.1. The van der Waals surface area contributed by atoms with Gasteiger partial charge in [-0.15, -0.1) is 0 Å². The van der Waals surface area contributed by atoms with Gasteiger partial charge in [0, 0.05) is 6.54 Å². The fourth-order valence-corrected chi connectivity index (χ4v) is 3.48. The highest BCUT2D eigenvalue weighted by atomic mass is 16.3. The third-order valence-corrected chi connectivity index (χ3v) is 5.26. The van der Waals surface area contributed by atoms with Crippen LogP contribution in [0.3, 0.4) is 0 Å². The summed E-state index contributed by atoms with van der Waals surface area (Å²) >= 11 is 0. The van der Waals surface area contributed by atoms with Gasteiger partial charge in [0.15, 0.2) is 0 Å². The van der Waals surface area contributed by atoms with Gasteiger partial charge in [0.1, 0.15) is 11.8 Å². The van der Waals surface area contributed by atoms with Crippen LogP contribution in [0.1, 0.15) is 42.0 Å². The summed E-state index contributed by atoms with van der Waals surface area (Å²) in [6, 6.07) is 12.2. The van der Waals surface area contributed by atoms with Crippen LogP contribution in [-0.4, -0.2) is 35.5 Å². The van der Waals surface area contributed by atoms with Crippen molar-refractivity contribution in [2.75, 3.05) is 6.54 Å². The van der Waals surface area contributed by atoms with Gasteiger partial charge < -0.3 is 21.5 Å². The fourth-order valence-electron chi connectivity index (χ4n) is 3.48. The Balaban J connectivity index is 1.72. The maximum atomic E-state index is 12.4. The van der Waals surface area contributed by atoms with Crippen LogP contribution in [0.15, 0.2) is 42.5 Å². The molecule has 0 saturated heterocycles. The lowest BCUT2D eigenvalue weighted by atomic mass is 9.96. The molecule has 2 aromatic rings. The molecule has 0 aromatic heterocycles. The molecule has 2 amide bonds. The largest absolute Gasteiger partial charge is 0.508 e. The topological polar surface area (TPSA) is 104 Å². The monoisotopic (exact) mass is 411 g/mol. The minimum Gasteiger partial charge on any atom is -0.508 e. The number of carbonyl (C=O) groups is 2. The van der Waals surface area contributed by atoms with Crippen LogP contribution in [0.4, 0.5) is 0 Å². The second-order valence-electron chi connectivity index (χ2n) is 7.81. The van der Waals surface area contributed by atoms with Crippen LogP contribution in [0.25, 0.3) is 0 Å². The minimum atomic E-state index is -0.703. The Labute approximate surface area is 178 Å². The first kappa shape index (κ1) is 23.4. The Kier molecular flexibility index (Phi) is 8.87. The molecule has 0 bridgehead atoms. The number of nitrogens with one attached hydrogen (secondary N) is 2. The molecule has 2 aromatic carbocycles. The van der Waals surface area contributed by atoms with Gasteiger partial charge in [0.05, 0.1) is 6.04 Å². The third kappa shape index (κ3) is 7.19. The number of phenolic OH excluding ortho intramolecular Hbond substituents is 1. The van der Waals surface area contributed by atoms with E-state index in [0.29, 0.717) is 19.4 Å². The lowest BCUT2D eigenvalue weighted by Gasteiger charge is -2.18.